The number of nitriles is 3. The Morgan fingerprint density at radius 1 is 1.05 bits per heavy atom. The van der Waals surface area contributed by atoms with Crippen LogP contribution in [0.25, 0.3) is 0 Å². The van der Waals surface area contributed by atoms with Crippen molar-refractivity contribution in [2.24, 2.45) is 0 Å². The lowest BCUT2D eigenvalue weighted by molar-refractivity contribution is 0.0373. The van der Waals surface area contributed by atoms with Crippen LogP contribution >= 0.6 is 0 Å². The van der Waals surface area contributed by atoms with E-state index in [1.165, 1.54) is 12.8 Å². The maximum Gasteiger partial charge on any atom is 0.0635 e. The Morgan fingerprint density at radius 2 is 1.67 bits per heavy atom. The third-order valence-corrected chi connectivity index (χ3v) is 4.51. The van der Waals surface area contributed by atoms with Crippen molar-refractivity contribution in [3.63, 3.8) is 0 Å². The Morgan fingerprint density at radius 3 is 2.24 bits per heavy atom. The van der Waals surface area contributed by atoms with Gasteiger partial charge in [-0.2, -0.15) is 15.8 Å². The summed E-state index contributed by atoms with van der Waals surface area (Å²) in [5.74, 6) is 0. The number of hydrogen-bond donors (Lipinski definition) is 1. The number of hydrogen-bond acceptors (Lipinski definition) is 5. The molecule has 0 aromatic heterocycles. The molecule has 0 radical (unpaired) electrons. The summed E-state index contributed by atoms with van der Waals surface area (Å²) in [5.41, 5.74) is -0.0264. The molecule has 5 heteroatoms. The van der Waals surface area contributed by atoms with Gasteiger partial charge in [0.1, 0.15) is 0 Å². The zero-order chi connectivity index (χ0) is 15.6. The third-order valence-electron chi connectivity index (χ3n) is 4.51. The molecule has 1 rings (SSSR count). The first-order valence-corrected chi connectivity index (χ1v) is 7.78. The second-order valence-electron chi connectivity index (χ2n) is 5.82. The molecule has 5 nitrogen and oxygen atoms in total. The highest BCUT2D eigenvalue weighted by Gasteiger charge is 2.40. The van der Waals surface area contributed by atoms with E-state index in [2.05, 4.69) is 35.3 Å². The van der Waals surface area contributed by atoms with Crippen molar-refractivity contribution < 1.29 is 0 Å². The van der Waals surface area contributed by atoms with Gasteiger partial charge in [-0.25, -0.2) is 0 Å². The molecule has 2 atom stereocenters. The first-order chi connectivity index (χ1) is 10.2. The first kappa shape index (κ1) is 17.4. The van der Waals surface area contributed by atoms with Crippen LogP contribution in [0.3, 0.4) is 0 Å². The second-order valence-corrected chi connectivity index (χ2v) is 5.82. The van der Waals surface area contributed by atoms with Crippen molar-refractivity contribution in [1.29, 1.82) is 15.8 Å². The molecule has 114 valence electrons. The molecule has 1 N–H and O–H groups in total. The van der Waals surface area contributed by atoms with Crippen molar-refractivity contribution in [3.05, 3.63) is 0 Å². The largest absolute Gasteiger partial charge is 0.311 e. The quantitative estimate of drug-likeness (QED) is 0.692. The normalized spacial score (nSPS) is 25.0. The minimum Gasteiger partial charge on any atom is -0.311 e. The molecular weight excluding hydrogens is 262 g/mol. The molecule has 0 aromatic rings. The van der Waals surface area contributed by atoms with Crippen LogP contribution in [0, 0.1) is 34.0 Å². The van der Waals surface area contributed by atoms with E-state index in [1.807, 2.05) is 0 Å². The average Bonchev–Trinajstić information content (AvgIpc) is 2.49. The molecule has 2 unspecified atom stereocenters. The van der Waals surface area contributed by atoms with Crippen molar-refractivity contribution in [3.8, 4) is 18.2 Å². The first-order valence-electron chi connectivity index (χ1n) is 7.78. The summed E-state index contributed by atoms with van der Waals surface area (Å²) >= 11 is 0. The smallest absolute Gasteiger partial charge is 0.0635 e. The van der Waals surface area contributed by atoms with E-state index < -0.39 is 0 Å². The minimum absolute atomic E-state index is 0.0264. The van der Waals surface area contributed by atoms with Gasteiger partial charge in [0.2, 0.25) is 0 Å². The van der Waals surface area contributed by atoms with Crippen LogP contribution in [0.2, 0.25) is 0 Å². The maximum atomic E-state index is 8.87. The van der Waals surface area contributed by atoms with Gasteiger partial charge in [-0.1, -0.05) is 12.8 Å². The highest BCUT2D eigenvalue weighted by atomic mass is 15.2. The van der Waals surface area contributed by atoms with Crippen molar-refractivity contribution >= 4 is 0 Å². The highest BCUT2D eigenvalue weighted by molar-refractivity contribution is 5.01. The van der Waals surface area contributed by atoms with E-state index >= 15 is 0 Å². The van der Waals surface area contributed by atoms with Crippen LogP contribution in [0.1, 0.15) is 51.9 Å². The van der Waals surface area contributed by atoms with E-state index in [0.29, 0.717) is 44.9 Å². The molecular formula is C16H25N5. The van der Waals surface area contributed by atoms with Gasteiger partial charge >= 0.3 is 0 Å². The van der Waals surface area contributed by atoms with Crippen LogP contribution in [0.4, 0.5) is 0 Å². The molecule has 0 heterocycles. The highest BCUT2D eigenvalue weighted by Crippen LogP contribution is 2.34. The van der Waals surface area contributed by atoms with Gasteiger partial charge in [0.15, 0.2) is 0 Å². The molecule has 0 saturated heterocycles. The van der Waals surface area contributed by atoms with Crippen LogP contribution < -0.4 is 5.32 Å². The predicted molar refractivity (Wildman–Crippen MR) is 80.9 cm³/mol. The Balaban J connectivity index is 2.78. The van der Waals surface area contributed by atoms with Gasteiger partial charge in [0, 0.05) is 50.5 Å². The lowest BCUT2D eigenvalue weighted by atomic mass is 9.77. The molecule has 1 aliphatic carbocycles. The summed E-state index contributed by atoms with van der Waals surface area (Å²) in [6, 6.07) is 6.92. The molecule has 0 amide bonds. The summed E-state index contributed by atoms with van der Waals surface area (Å²) in [6.07, 6.45) is 6.05. The van der Waals surface area contributed by atoms with Gasteiger partial charge in [-0.05, 0) is 19.8 Å². The summed E-state index contributed by atoms with van der Waals surface area (Å²) in [7, 11) is 0. The van der Waals surface area contributed by atoms with Crippen LogP contribution in [-0.4, -0.2) is 36.1 Å². The van der Waals surface area contributed by atoms with E-state index in [1.54, 1.807) is 0 Å². The fourth-order valence-corrected chi connectivity index (χ4v) is 3.31. The van der Waals surface area contributed by atoms with Gasteiger partial charge in [-0.15, -0.1) is 0 Å². The Hall–Kier alpha value is -1.61. The topological polar surface area (TPSA) is 86.6 Å². The molecule has 0 spiro atoms. The number of nitrogens with one attached hydrogen (secondary N) is 1. The molecule has 0 aliphatic heterocycles. The minimum atomic E-state index is -0.0264. The number of nitrogens with zero attached hydrogens (tertiary/aromatic N) is 4. The summed E-state index contributed by atoms with van der Waals surface area (Å²) in [5, 5.41) is 29.9. The van der Waals surface area contributed by atoms with Crippen LogP contribution in [0.5, 0.6) is 0 Å². The fraction of sp³-hybridized carbons (Fsp3) is 0.812. The molecule has 0 bridgehead atoms. The predicted octanol–water partition coefficient (Wildman–Crippen LogP) is 2.32. The second kappa shape index (κ2) is 9.35. The van der Waals surface area contributed by atoms with E-state index in [9.17, 15) is 0 Å². The molecule has 1 fully saturated rings. The fourth-order valence-electron chi connectivity index (χ4n) is 3.31. The average molecular weight is 287 g/mol. The van der Waals surface area contributed by atoms with Gasteiger partial charge < -0.3 is 5.32 Å². The summed E-state index contributed by atoms with van der Waals surface area (Å²) in [4.78, 5) is 2.31. The zero-order valence-electron chi connectivity index (χ0n) is 12.9. The van der Waals surface area contributed by atoms with Crippen LogP contribution in [-0.2, 0) is 0 Å². The lowest BCUT2D eigenvalue weighted by Gasteiger charge is -2.49. The molecule has 0 aromatic carbocycles. The van der Waals surface area contributed by atoms with Crippen LogP contribution in [0.15, 0.2) is 0 Å². The Kier molecular flexibility index (Phi) is 7.76. The van der Waals surface area contributed by atoms with Crippen molar-refractivity contribution in [2.45, 2.75) is 63.5 Å². The van der Waals surface area contributed by atoms with E-state index in [4.69, 9.17) is 15.8 Å². The Labute approximate surface area is 128 Å². The van der Waals surface area contributed by atoms with Crippen molar-refractivity contribution in [1.82, 2.24) is 10.2 Å². The van der Waals surface area contributed by atoms with Gasteiger partial charge in [0.25, 0.3) is 0 Å². The standard InChI is InChI=1S/C16H25N5/c1-16(21(13-5-10-18)14-6-11-19)8-3-2-7-15(16)20-12-4-9-17/h15,20H,2-8,12-14H2,1H3. The SMILES string of the molecule is CC1(N(CCC#N)CCC#N)CCCCC1NCCC#N. The lowest BCUT2D eigenvalue weighted by Crippen LogP contribution is -2.61. The Bertz CT molecular complexity index is 409. The van der Waals surface area contributed by atoms with Gasteiger partial charge in [0.05, 0.1) is 18.2 Å². The zero-order valence-corrected chi connectivity index (χ0v) is 12.9. The molecule has 1 saturated carbocycles. The number of rotatable bonds is 8. The molecule has 1 aliphatic rings. The molecule has 21 heavy (non-hydrogen) atoms. The van der Waals surface area contributed by atoms with Gasteiger partial charge in [-0.3, -0.25) is 4.90 Å². The summed E-state index contributed by atoms with van der Waals surface area (Å²) in [6.45, 7) is 4.38. The van der Waals surface area contributed by atoms with E-state index in [0.717, 1.165) is 12.8 Å². The monoisotopic (exact) mass is 287 g/mol. The third kappa shape index (κ3) is 5.01. The van der Waals surface area contributed by atoms with Crippen molar-refractivity contribution in [2.75, 3.05) is 19.6 Å². The maximum absolute atomic E-state index is 8.87. The van der Waals surface area contributed by atoms with E-state index in [-0.39, 0.29) is 5.54 Å². The summed E-state index contributed by atoms with van der Waals surface area (Å²) < 4.78 is 0.